The second-order valence-corrected chi connectivity index (χ2v) is 5.31. The van der Waals surface area contributed by atoms with Gasteiger partial charge in [0.05, 0.1) is 0 Å². The lowest BCUT2D eigenvalue weighted by molar-refractivity contribution is 0.407. The Hall–Kier alpha value is -0.860. The molecule has 1 aliphatic rings. The highest BCUT2D eigenvalue weighted by molar-refractivity contribution is 5.29. The van der Waals surface area contributed by atoms with Gasteiger partial charge in [0, 0.05) is 25.0 Å². The molecule has 2 nitrogen and oxygen atoms in total. The molecule has 0 amide bonds. The third-order valence-corrected chi connectivity index (χ3v) is 3.58. The van der Waals surface area contributed by atoms with Crippen molar-refractivity contribution >= 4 is 0 Å². The highest BCUT2D eigenvalue weighted by atomic mass is 15.1. The van der Waals surface area contributed by atoms with Crippen molar-refractivity contribution in [2.24, 2.45) is 5.73 Å². The molecule has 1 fully saturated rings. The van der Waals surface area contributed by atoms with Gasteiger partial charge < -0.3 is 10.6 Å². The van der Waals surface area contributed by atoms with Crippen LogP contribution in [0, 0.1) is 0 Å². The second-order valence-electron chi connectivity index (χ2n) is 5.31. The molecule has 1 aromatic carbocycles. The number of hydrogen-bond donors (Lipinski definition) is 1. The van der Waals surface area contributed by atoms with E-state index in [0.29, 0.717) is 11.8 Å². The summed E-state index contributed by atoms with van der Waals surface area (Å²) >= 11 is 0. The molecule has 0 aliphatic carbocycles. The molecule has 1 aliphatic heterocycles. The first kappa shape index (κ1) is 11.6. The number of likely N-dealkylation sites (N-methyl/N-ethyl adjacent to an activating group) is 1. The lowest BCUT2D eigenvalue weighted by Crippen LogP contribution is -2.27. The summed E-state index contributed by atoms with van der Waals surface area (Å²) in [5.74, 6) is 1.11. The van der Waals surface area contributed by atoms with Crippen molar-refractivity contribution in [1.29, 1.82) is 0 Å². The average Bonchev–Trinajstić information content (AvgIpc) is 2.58. The van der Waals surface area contributed by atoms with Crippen LogP contribution in [0.2, 0.25) is 0 Å². The lowest BCUT2D eigenvalue weighted by atomic mass is 9.92. The summed E-state index contributed by atoms with van der Waals surface area (Å²) in [6.45, 7) is 6.55. The van der Waals surface area contributed by atoms with E-state index < -0.39 is 0 Å². The van der Waals surface area contributed by atoms with Gasteiger partial charge in [0.15, 0.2) is 0 Å². The van der Waals surface area contributed by atoms with E-state index in [1.165, 1.54) is 11.1 Å². The van der Waals surface area contributed by atoms with Crippen LogP contribution < -0.4 is 5.73 Å². The third kappa shape index (κ3) is 2.28. The molecule has 0 spiro atoms. The number of likely N-dealkylation sites (tertiary alicyclic amines) is 1. The molecule has 2 heteroatoms. The van der Waals surface area contributed by atoms with Gasteiger partial charge in [-0.25, -0.2) is 0 Å². The zero-order valence-corrected chi connectivity index (χ0v) is 10.5. The molecule has 16 heavy (non-hydrogen) atoms. The third-order valence-electron chi connectivity index (χ3n) is 3.58. The summed E-state index contributed by atoms with van der Waals surface area (Å²) in [5, 5.41) is 0. The van der Waals surface area contributed by atoms with Crippen molar-refractivity contribution in [3.05, 3.63) is 35.4 Å². The maximum absolute atomic E-state index is 6.16. The van der Waals surface area contributed by atoms with Crippen LogP contribution >= 0.6 is 0 Å². The Bertz CT molecular complexity index is 342. The Kier molecular flexibility index (Phi) is 3.31. The summed E-state index contributed by atoms with van der Waals surface area (Å²) in [7, 11) is 2.14. The van der Waals surface area contributed by atoms with Crippen molar-refractivity contribution in [2.75, 3.05) is 20.1 Å². The molecule has 1 heterocycles. The second kappa shape index (κ2) is 4.56. The van der Waals surface area contributed by atoms with Gasteiger partial charge in [-0.2, -0.15) is 0 Å². The highest BCUT2D eigenvalue weighted by Gasteiger charge is 2.28. The summed E-state index contributed by atoms with van der Waals surface area (Å²) in [6, 6.07) is 9.27. The van der Waals surface area contributed by atoms with E-state index in [-0.39, 0.29) is 6.04 Å². The van der Waals surface area contributed by atoms with E-state index >= 15 is 0 Å². The van der Waals surface area contributed by atoms with Gasteiger partial charge in [0.2, 0.25) is 0 Å². The predicted octanol–water partition coefficient (Wildman–Crippen LogP) is 2.17. The van der Waals surface area contributed by atoms with Crippen LogP contribution in [-0.4, -0.2) is 31.1 Å². The summed E-state index contributed by atoms with van der Waals surface area (Å²) in [6.07, 6.45) is 0. The van der Waals surface area contributed by atoms with Gasteiger partial charge in [0.25, 0.3) is 0 Å². The van der Waals surface area contributed by atoms with Gasteiger partial charge >= 0.3 is 0 Å². The average molecular weight is 218 g/mol. The number of nitrogens with two attached hydrogens (primary N) is 1. The Morgan fingerprint density at radius 3 is 2.25 bits per heavy atom. The van der Waals surface area contributed by atoms with Crippen LogP contribution in [0.3, 0.4) is 0 Å². The Morgan fingerprint density at radius 1 is 1.19 bits per heavy atom. The van der Waals surface area contributed by atoms with Gasteiger partial charge in [-0.1, -0.05) is 38.1 Å². The molecule has 2 atom stereocenters. The number of nitrogens with zero attached hydrogens (tertiary/aromatic N) is 1. The van der Waals surface area contributed by atoms with E-state index in [4.69, 9.17) is 5.73 Å². The first-order chi connectivity index (χ1) is 7.58. The smallest absolute Gasteiger partial charge is 0.0249 e. The zero-order chi connectivity index (χ0) is 11.7. The minimum absolute atomic E-state index is 0.287. The van der Waals surface area contributed by atoms with Crippen molar-refractivity contribution in [2.45, 2.75) is 31.7 Å². The van der Waals surface area contributed by atoms with E-state index in [1.807, 2.05) is 0 Å². The summed E-state index contributed by atoms with van der Waals surface area (Å²) < 4.78 is 0. The predicted molar refractivity (Wildman–Crippen MR) is 68.7 cm³/mol. The highest BCUT2D eigenvalue weighted by Crippen LogP contribution is 2.26. The van der Waals surface area contributed by atoms with Crippen molar-refractivity contribution in [3.8, 4) is 0 Å². The number of rotatable bonds is 2. The molecular formula is C14H22N2. The fourth-order valence-corrected chi connectivity index (χ4v) is 2.51. The quantitative estimate of drug-likeness (QED) is 0.824. The van der Waals surface area contributed by atoms with Crippen LogP contribution in [0.4, 0.5) is 0 Å². The monoisotopic (exact) mass is 218 g/mol. The zero-order valence-electron chi connectivity index (χ0n) is 10.5. The standard InChI is InChI=1S/C14H22N2/c1-10(2)11-4-6-12(7-5-11)13-8-16(3)9-14(13)15/h4-7,10,13-14H,8-9,15H2,1-3H3. The normalized spacial score (nSPS) is 26.6. The molecule has 0 bridgehead atoms. The van der Waals surface area contributed by atoms with Crippen LogP contribution in [0.15, 0.2) is 24.3 Å². The molecule has 0 saturated carbocycles. The maximum atomic E-state index is 6.16. The molecule has 2 unspecified atom stereocenters. The minimum Gasteiger partial charge on any atom is -0.326 e. The summed E-state index contributed by atoms with van der Waals surface area (Å²) in [4.78, 5) is 2.31. The van der Waals surface area contributed by atoms with E-state index in [9.17, 15) is 0 Å². The number of benzene rings is 1. The van der Waals surface area contributed by atoms with Crippen LogP contribution in [-0.2, 0) is 0 Å². The van der Waals surface area contributed by atoms with Crippen molar-refractivity contribution < 1.29 is 0 Å². The van der Waals surface area contributed by atoms with E-state index in [0.717, 1.165) is 13.1 Å². The van der Waals surface area contributed by atoms with Gasteiger partial charge in [-0.05, 0) is 24.1 Å². The fourth-order valence-electron chi connectivity index (χ4n) is 2.51. The van der Waals surface area contributed by atoms with Gasteiger partial charge in [-0.15, -0.1) is 0 Å². The minimum atomic E-state index is 0.287. The van der Waals surface area contributed by atoms with Crippen molar-refractivity contribution in [1.82, 2.24) is 4.90 Å². The number of hydrogen-bond acceptors (Lipinski definition) is 2. The molecule has 0 radical (unpaired) electrons. The Morgan fingerprint density at radius 2 is 1.81 bits per heavy atom. The molecular weight excluding hydrogens is 196 g/mol. The van der Waals surface area contributed by atoms with Gasteiger partial charge in [-0.3, -0.25) is 0 Å². The van der Waals surface area contributed by atoms with Crippen LogP contribution in [0.25, 0.3) is 0 Å². The van der Waals surface area contributed by atoms with E-state index in [2.05, 4.69) is 50.1 Å². The first-order valence-electron chi connectivity index (χ1n) is 6.12. The summed E-state index contributed by atoms with van der Waals surface area (Å²) in [5.41, 5.74) is 8.95. The Balaban J connectivity index is 2.15. The maximum Gasteiger partial charge on any atom is 0.0249 e. The molecule has 2 N–H and O–H groups in total. The molecule has 88 valence electrons. The molecule has 2 rings (SSSR count). The largest absolute Gasteiger partial charge is 0.326 e. The lowest BCUT2D eigenvalue weighted by Gasteiger charge is -2.15. The molecule has 1 saturated heterocycles. The fraction of sp³-hybridized carbons (Fsp3) is 0.571. The molecule has 1 aromatic rings. The van der Waals surface area contributed by atoms with Crippen molar-refractivity contribution in [3.63, 3.8) is 0 Å². The van der Waals surface area contributed by atoms with E-state index in [1.54, 1.807) is 0 Å². The van der Waals surface area contributed by atoms with Crippen LogP contribution in [0.5, 0.6) is 0 Å². The SMILES string of the molecule is CC(C)c1ccc(C2CN(C)CC2N)cc1. The topological polar surface area (TPSA) is 29.3 Å². The Labute approximate surface area is 98.4 Å². The molecule has 0 aromatic heterocycles. The van der Waals surface area contributed by atoms with Crippen LogP contribution in [0.1, 0.15) is 36.8 Å². The first-order valence-corrected chi connectivity index (χ1v) is 6.12. The van der Waals surface area contributed by atoms with Gasteiger partial charge in [0.1, 0.15) is 0 Å².